The molecule has 88 valence electrons. The summed E-state index contributed by atoms with van der Waals surface area (Å²) in [6, 6.07) is 3.53. The van der Waals surface area contributed by atoms with Crippen LogP contribution < -0.4 is 0 Å². The minimum absolute atomic E-state index is 0.151. The molecule has 0 aliphatic rings. The van der Waals surface area contributed by atoms with Gasteiger partial charge in [-0.2, -0.15) is 0 Å². The van der Waals surface area contributed by atoms with Crippen molar-refractivity contribution >= 4 is 38.0 Å². The second-order valence-electron chi connectivity index (χ2n) is 2.96. The van der Waals surface area contributed by atoms with Gasteiger partial charge < -0.3 is 14.6 Å². The van der Waals surface area contributed by atoms with E-state index in [4.69, 9.17) is 4.74 Å². The van der Waals surface area contributed by atoms with Crippen LogP contribution in [0.2, 0.25) is 0 Å². The summed E-state index contributed by atoms with van der Waals surface area (Å²) in [6.45, 7) is 0.232. The molecule has 6 heteroatoms. The number of phenolic OH excluding ortho intramolecular Hbond substituents is 1. The first kappa shape index (κ1) is 13.3. The molecule has 4 nitrogen and oxygen atoms in total. The Bertz CT molecular complexity index is 369. The molecule has 1 aromatic rings. The lowest BCUT2D eigenvalue weighted by atomic mass is 10.1. The molecule has 1 N–H and O–H groups in total. The number of carbonyl (C=O) groups excluding carboxylic acids is 1. The SMILES string of the molecule is COC(=O)OCCc1cc(Br)c(O)c(Br)c1. The minimum atomic E-state index is -0.697. The molecular formula is C10H10Br2O4. The van der Waals surface area contributed by atoms with Crippen LogP contribution >= 0.6 is 31.9 Å². The van der Waals surface area contributed by atoms with Gasteiger partial charge in [0.25, 0.3) is 0 Å². The van der Waals surface area contributed by atoms with Gasteiger partial charge in [-0.1, -0.05) is 0 Å². The zero-order valence-corrected chi connectivity index (χ0v) is 11.7. The normalized spacial score (nSPS) is 9.94. The molecule has 0 bridgehead atoms. The van der Waals surface area contributed by atoms with Gasteiger partial charge in [0, 0.05) is 6.42 Å². The number of hydrogen-bond donors (Lipinski definition) is 1. The van der Waals surface area contributed by atoms with Crippen molar-refractivity contribution in [3.8, 4) is 5.75 Å². The summed E-state index contributed by atoms with van der Waals surface area (Å²) in [5.41, 5.74) is 0.931. The predicted molar refractivity (Wildman–Crippen MR) is 65.6 cm³/mol. The van der Waals surface area contributed by atoms with Gasteiger partial charge in [0.2, 0.25) is 0 Å². The Morgan fingerprint density at radius 2 is 1.94 bits per heavy atom. The number of hydrogen-bond acceptors (Lipinski definition) is 4. The molecule has 0 aliphatic carbocycles. The number of ether oxygens (including phenoxy) is 2. The number of halogens is 2. The van der Waals surface area contributed by atoms with Gasteiger partial charge in [-0.05, 0) is 49.6 Å². The highest BCUT2D eigenvalue weighted by Crippen LogP contribution is 2.33. The maximum absolute atomic E-state index is 10.7. The van der Waals surface area contributed by atoms with E-state index >= 15 is 0 Å². The van der Waals surface area contributed by atoms with Crippen LogP contribution in [-0.2, 0) is 15.9 Å². The monoisotopic (exact) mass is 352 g/mol. The fraction of sp³-hybridized carbons (Fsp3) is 0.300. The summed E-state index contributed by atoms with van der Waals surface area (Å²) in [5.74, 6) is 0.151. The van der Waals surface area contributed by atoms with Gasteiger partial charge in [0.1, 0.15) is 5.75 Å². The third-order valence-electron chi connectivity index (χ3n) is 1.85. The number of carbonyl (C=O) groups is 1. The lowest BCUT2D eigenvalue weighted by Gasteiger charge is -2.06. The fourth-order valence-electron chi connectivity index (χ4n) is 1.07. The number of aromatic hydroxyl groups is 1. The molecule has 0 unspecified atom stereocenters. The maximum Gasteiger partial charge on any atom is 0.507 e. The molecule has 1 rings (SSSR count). The zero-order valence-electron chi connectivity index (χ0n) is 8.50. The summed E-state index contributed by atoms with van der Waals surface area (Å²) in [6.07, 6.45) is -0.149. The van der Waals surface area contributed by atoms with Crippen molar-refractivity contribution < 1.29 is 19.4 Å². The molecule has 0 heterocycles. The molecule has 0 saturated heterocycles. The largest absolute Gasteiger partial charge is 0.507 e. The van der Waals surface area contributed by atoms with E-state index in [0.29, 0.717) is 15.4 Å². The van der Waals surface area contributed by atoms with E-state index < -0.39 is 6.16 Å². The van der Waals surface area contributed by atoms with E-state index in [1.165, 1.54) is 7.11 Å². The van der Waals surface area contributed by atoms with Crippen LogP contribution in [0.5, 0.6) is 5.75 Å². The summed E-state index contributed by atoms with van der Waals surface area (Å²) in [7, 11) is 1.26. The smallest absolute Gasteiger partial charge is 0.506 e. The maximum atomic E-state index is 10.7. The third kappa shape index (κ3) is 3.68. The van der Waals surface area contributed by atoms with Gasteiger partial charge in [-0.15, -0.1) is 0 Å². The van der Waals surface area contributed by atoms with Crippen LogP contribution in [0.25, 0.3) is 0 Å². The van der Waals surface area contributed by atoms with Gasteiger partial charge in [-0.25, -0.2) is 4.79 Å². The van der Waals surface area contributed by atoms with Gasteiger partial charge >= 0.3 is 6.16 Å². The number of benzene rings is 1. The van der Waals surface area contributed by atoms with Crippen LogP contribution in [0.1, 0.15) is 5.56 Å². The van der Waals surface area contributed by atoms with Crippen molar-refractivity contribution in [1.29, 1.82) is 0 Å². The quantitative estimate of drug-likeness (QED) is 0.847. The first-order valence-corrected chi connectivity index (χ1v) is 6.01. The average molecular weight is 354 g/mol. The molecule has 0 aromatic heterocycles. The first-order chi connectivity index (χ1) is 7.54. The van der Waals surface area contributed by atoms with Crippen molar-refractivity contribution in [3.05, 3.63) is 26.6 Å². The molecule has 0 saturated carbocycles. The first-order valence-electron chi connectivity index (χ1n) is 4.42. The van der Waals surface area contributed by atoms with Crippen molar-refractivity contribution in [2.45, 2.75) is 6.42 Å². The molecule has 1 aromatic carbocycles. The second kappa shape index (κ2) is 6.10. The molecule has 0 fully saturated rings. The Labute approximate surface area is 110 Å². The molecule has 0 aliphatic heterocycles. The van der Waals surface area contributed by atoms with E-state index in [9.17, 15) is 9.90 Å². The summed E-state index contributed by atoms with van der Waals surface area (Å²) in [4.78, 5) is 10.7. The lowest BCUT2D eigenvalue weighted by molar-refractivity contribution is 0.0736. The Balaban J connectivity index is 2.58. The minimum Gasteiger partial charge on any atom is -0.506 e. The molecule has 16 heavy (non-hydrogen) atoms. The van der Waals surface area contributed by atoms with Crippen molar-refractivity contribution in [2.24, 2.45) is 0 Å². The average Bonchev–Trinajstić information content (AvgIpc) is 2.25. The zero-order chi connectivity index (χ0) is 12.1. The number of phenols is 1. The predicted octanol–water partition coefficient (Wildman–Crippen LogP) is 3.24. The van der Waals surface area contributed by atoms with Crippen molar-refractivity contribution in [2.75, 3.05) is 13.7 Å². The van der Waals surface area contributed by atoms with Gasteiger partial charge in [-0.3, -0.25) is 0 Å². The summed E-state index contributed by atoms with van der Waals surface area (Å²) in [5, 5.41) is 9.48. The standard InChI is InChI=1S/C10H10Br2O4/c1-15-10(14)16-3-2-6-4-7(11)9(13)8(12)5-6/h4-5,13H,2-3H2,1H3. The van der Waals surface area contributed by atoms with E-state index in [1.807, 2.05) is 0 Å². The molecule has 0 radical (unpaired) electrons. The topological polar surface area (TPSA) is 55.8 Å². The van der Waals surface area contributed by atoms with E-state index in [1.54, 1.807) is 12.1 Å². The van der Waals surface area contributed by atoms with Crippen LogP contribution in [0, 0.1) is 0 Å². The second-order valence-corrected chi connectivity index (χ2v) is 4.67. The van der Waals surface area contributed by atoms with Crippen LogP contribution in [0.3, 0.4) is 0 Å². The third-order valence-corrected chi connectivity index (χ3v) is 3.06. The van der Waals surface area contributed by atoms with E-state index in [0.717, 1.165) is 5.56 Å². The fourth-order valence-corrected chi connectivity index (χ4v) is 2.35. The highest BCUT2D eigenvalue weighted by molar-refractivity contribution is 9.11. The highest BCUT2D eigenvalue weighted by Gasteiger charge is 2.07. The Morgan fingerprint density at radius 3 is 2.44 bits per heavy atom. The number of rotatable bonds is 3. The Morgan fingerprint density at radius 1 is 1.38 bits per heavy atom. The molecule has 0 atom stereocenters. The molecule has 0 amide bonds. The van der Waals surface area contributed by atoms with Crippen LogP contribution in [-0.4, -0.2) is 25.0 Å². The molecular weight excluding hydrogens is 344 g/mol. The van der Waals surface area contributed by atoms with Gasteiger partial charge in [0.15, 0.2) is 0 Å². The highest BCUT2D eigenvalue weighted by atomic mass is 79.9. The van der Waals surface area contributed by atoms with Gasteiger partial charge in [0.05, 0.1) is 22.7 Å². The van der Waals surface area contributed by atoms with Crippen molar-refractivity contribution in [1.82, 2.24) is 0 Å². The van der Waals surface area contributed by atoms with E-state index in [2.05, 4.69) is 36.6 Å². The Kier molecular flexibility index (Phi) is 5.08. The molecule has 0 spiro atoms. The number of methoxy groups -OCH3 is 1. The van der Waals surface area contributed by atoms with Crippen LogP contribution in [0.4, 0.5) is 4.79 Å². The summed E-state index contributed by atoms with van der Waals surface area (Å²) >= 11 is 6.44. The Hall–Kier alpha value is -0.750. The lowest BCUT2D eigenvalue weighted by Crippen LogP contribution is -2.07. The summed E-state index contributed by atoms with van der Waals surface area (Å²) < 4.78 is 10.3. The van der Waals surface area contributed by atoms with E-state index in [-0.39, 0.29) is 12.4 Å². The van der Waals surface area contributed by atoms with Crippen LogP contribution in [0.15, 0.2) is 21.1 Å². The van der Waals surface area contributed by atoms with Crippen molar-refractivity contribution in [3.63, 3.8) is 0 Å².